The zero-order valence-electron chi connectivity index (χ0n) is 21.9. The molecule has 4 rings (SSSR count). The number of hydrogen-bond donors (Lipinski definition) is 2. The van der Waals surface area contributed by atoms with E-state index in [-0.39, 0.29) is 12.6 Å². The van der Waals surface area contributed by atoms with Gasteiger partial charge in [-0.3, -0.25) is 0 Å². The molecule has 0 aliphatic rings. The van der Waals surface area contributed by atoms with Gasteiger partial charge in [0.1, 0.15) is 19.3 Å². The number of benzene rings is 4. The summed E-state index contributed by atoms with van der Waals surface area (Å²) < 4.78 is 22.9. The second-order valence-electron chi connectivity index (χ2n) is 8.95. The van der Waals surface area contributed by atoms with Crippen LogP contribution >= 0.6 is 0 Å². The van der Waals surface area contributed by atoms with Crippen molar-refractivity contribution in [3.8, 4) is 23.0 Å². The molecule has 0 bridgehead atoms. The molecule has 2 N–H and O–H groups in total. The number of para-hydroxylation sites is 2. The molecule has 0 radical (unpaired) electrons. The van der Waals surface area contributed by atoms with Crippen LogP contribution in [0.5, 0.6) is 23.0 Å². The van der Waals surface area contributed by atoms with Crippen molar-refractivity contribution in [2.24, 2.45) is 0 Å². The van der Waals surface area contributed by atoms with E-state index < -0.39 is 6.10 Å². The molecule has 0 fully saturated rings. The van der Waals surface area contributed by atoms with Gasteiger partial charge in [0.2, 0.25) is 0 Å². The van der Waals surface area contributed by atoms with Crippen LogP contribution in [0.25, 0.3) is 0 Å². The van der Waals surface area contributed by atoms with Crippen molar-refractivity contribution >= 4 is 0 Å². The highest BCUT2D eigenvalue weighted by Gasteiger charge is 2.17. The summed E-state index contributed by atoms with van der Waals surface area (Å²) in [6.45, 7) is 0.916. The molecule has 0 spiro atoms. The van der Waals surface area contributed by atoms with Gasteiger partial charge >= 0.3 is 0 Å². The van der Waals surface area contributed by atoms with E-state index in [0.29, 0.717) is 36.1 Å². The van der Waals surface area contributed by atoms with Gasteiger partial charge in [0.25, 0.3) is 0 Å². The van der Waals surface area contributed by atoms with Crippen LogP contribution in [0.3, 0.4) is 0 Å². The first-order chi connectivity index (χ1) is 18.7. The minimum Gasteiger partial charge on any atom is -0.493 e. The second kappa shape index (κ2) is 14.1. The molecule has 6 nitrogen and oxygen atoms in total. The van der Waals surface area contributed by atoms with Gasteiger partial charge in [0.15, 0.2) is 23.0 Å². The number of methoxy groups -OCH3 is 2. The number of aliphatic hydroxyl groups is 1. The Bertz CT molecular complexity index is 1250. The predicted octanol–water partition coefficient (Wildman–Crippen LogP) is 5.60. The average molecular weight is 514 g/mol. The Kier molecular flexibility index (Phi) is 10.0. The lowest BCUT2D eigenvalue weighted by molar-refractivity contribution is 0.101. The first-order valence-corrected chi connectivity index (χ1v) is 12.7. The van der Waals surface area contributed by atoms with Gasteiger partial charge in [0, 0.05) is 12.6 Å². The fraction of sp³-hybridized carbons (Fsp3) is 0.250. The van der Waals surface area contributed by atoms with E-state index in [0.717, 1.165) is 17.5 Å². The average Bonchev–Trinajstić information content (AvgIpc) is 2.98. The van der Waals surface area contributed by atoms with Gasteiger partial charge in [-0.1, -0.05) is 78.9 Å². The number of hydrogen-bond acceptors (Lipinski definition) is 6. The van der Waals surface area contributed by atoms with Gasteiger partial charge < -0.3 is 29.4 Å². The Balaban J connectivity index is 1.38. The zero-order valence-corrected chi connectivity index (χ0v) is 21.9. The summed E-state index contributed by atoms with van der Waals surface area (Å²) in [5.74, 6) is 2.59. The van der Waals surface area contributed by atoms with Crippen LogP contribution in [-0.4, -0.2) is 38.6 Å². The smallest absolute Gasteiger partial charge is 0.161 e. The van der Waals surface area contributed by atoms with Crippen molar-refractivity contribution in [1.29, 1.82) is 0 Å². The van der Waals surface area contributed by atoms with Crippen LogP contribution in [0.4, 0.5) is 0 Å². The van der Waals surface area contributed by atoms with Crippen molar-refractivity contribution in [3.05, 3.63) is 120 Å². The van der Waals surface area contributed by atoms with E-state index in [9.17, 15) is 5.11 Å². The minimum atomic E-state index is -0.726. The summed E-state index contributed by atoms with van der Waals surface area (Å²) in [6.07, 6.45) is 0.0238. The summed E-state index contributed by atoms with van der Waals surface area (Å²) >= 11 is 0. The maximum absolute atomic E-state index is 10.8. The lowest BCUT2D eigenvalue weighted by atomic mass is 9.98. The molecular formula is C32H35NO5. The van der Waals surface area contributed by atoms with Crippen LogP contribution < -0.4 is 24.3 Å². The minimum absolute atomic E-state index is 0.0478. The van der Waals surface area contributed by atoms with Crippen molar-refractivity contribution < 1.29 is 24.1 Å². The largest absolute Gasteiger partial charge is 0.493 e. The summed E-state index contributed by atoms with van der Waals surface area (Å²) in [7, 11) is 3.25. The topological polar surface area (TPSA) is 69.2 Å². The molecule has 0 aromatic heterocycles. The zero-order chi connectivity index (χ0) is 26.6. The van der Waals surface area contributed by atoms with E-state index in [1.165, 1.54) is 5.56 Å². The number of ether oxygens (including phenoxy) is 4. The van der Waals surface area contributed by atoms with Gasteiger partial charge in [-0.25, -0.2) is 0 Å². The molecule has 4 aromatic rings. The molecule has 6 heteroatoms. The van der Waals surface area contributed by atoms with Crippen LogP contribution in [0.1, 0.15) is 22.7 Å². The fourth-order valence-corrected chi connectivity index (χ4v) is 4.17. The third-order valence-electron chi connectivity index (χ3n) is 6.21. The van der Waals surface area contributed by atoms with Crippen LogP contribution in [0.2, 0.25) is 0 Å². The molecule has 0 amide bonds. The number of rotatable bonds is 14. The Hall–Kier alpha value is -4.00. The van der Waals surface area contributed by atoms with Gasteiger partial charge in [-0.05, 0) is 47.4 Å². The molecule has 0 saturated heterocycles. The molecule has 0 aliphatic carbocycles. The maximum atomic E-state index is 10.8. The molecule has 2 atom stereocenters. The standard InChI is InChI=1S/C32H35NO5/c1-35-29-18-17-26(20-32(29)36-2)28(19-24-11-5-3-6-12-24)33-21-27(34)23-38-31-16-10-9-15-30(31)37-22-25-13-7-4-8-14-25/h3-18,20,27-28,33-34H,19,21-23H2,1-2H3/t27-,28?/m0/s1. The quantitative estimate of drug-likeness (QED) is 0.229. The summed E-state index contributed by atoms with van der Waals surface area (Å²) in [6, 6.07) is 33.6. The SMILES string of the molecule is COc1ccc(C(Cc2ccccc2)NC[C@H](O)COc2ccccc2OCc2ccccc2)cc1OC. The van der Waals surface area contributed by atoms with Crippen molar-refractivity contribution in [2.75, 3.05) is 27.4 Å². The Morgan fingerprint density at radius 2 is 1.26 bits per heavy atom. The molecule has 0 heterocycles. The molecule has 0 aliphatic heterocycles. The maximum Gasteiger partial charge on any atom is 0.161 e. The lowest BCUT2D eigenvalue weighted by Crippen LogP contribution is -2.34. The highest BCUT2D eigenvalue weighted by molar-refractivity contribution is 5.44. The summed E-state index contributed by atoms with van der Waals surface area (Å²) in [5, 5.41) is 14.3. The lowest BCUT2D eigenvalue weighted by Gasteiger charge is -2.23. The van der Waals surface area contributed by atoms with Crippen molar-refractivity contribution in [3.63, 3.8) is 0 Å². The summed E-state index contributed by atoms with van der Waals surface area (Å²) in [5.41, 5.74) is 3.31. The molecule has 198 valence electrons. The number of nitrogens with one attached hydrogen (secondary N) is 1. The molecule has 0 saturated carbocycles. The first-order valence-electron chi connectivity index (χ1n) is 12.7. The van der Waals surface area contributed by atoms with E-state index in [1.54, 1.807) is 14.2 Å². The highest BCUT2D eigenvalue weighted by Crippen LogP contribution is 2.31. The third kappa shape index (κ3) is 7.75. The second-order valence-corrected chi connectivity index (χ2v) is 8.95. The van der Waals surface area contributed by atoms with Gasteiger partial charge in [-0.15, -0.1) is 0 Å². The van der Waals surface area contributed by atoms with Crippen LogP contribution in [0.15, 0.2) is 103 Å². The summed E-state index contributed by atoms with van der Waals surface area (Å²) in [4.78, 5) is 0. The third-order valence-corrected chi connectivity index (χ3v) is 6.21. The van der Waals surface area contributed by atoms with Gasteiger partial charge in [0.05, 0.1) is 14.2 Å². The van der Waals surface area contributed by atoms with E-state index in [4.69, 9.17) is 18.9 Å². The van der Waals surface area contributed by atoms with Crippen LogP contribution in [-0.2, 0) is 13.0 Å². The molecule has 38 heavy (non-hydrogen) atoms. The Morgan fingerprint density at radius 1 is 0.658 bits per heavy atom. The molecule has 4 aromatic carbocycles. The molecular weight excluding hydrogens is 478 g/mol. The van der Waals surface area contributed by atoms with Crippen molar-refractivity contribution in [1.82, 2.24) is 5.32 Å². The Morgan fingerprint density at radius 3 is 1.92 bits per heavy atom. The van der Waals surface area contributed by atoms with Crippen molar-refractivity contribution in [2.45, 2.75) is 25.2 Å². The van der Waals surface area contributed by atoms with E-state index in [1.807, 2.05) is 91.0 Å². The van der Waals surface area contributed by atoms with E-state index in [2.05, 4.69) is 17.4 Å². The van der Waals surface area contributed by atoms with E-state index >= 15 is 0 Å². The fourth-order valence-electron chi connectivity index (χ4n) is 4.17. The monoisotopic (exact) mass is 513 g/mol. The normalized spacial score (nSPS) is 12.4. The predicted molar refractivity (Wildman–Crippen MR) is 149 cm³/mol. The number of aliphatic hydroxyl groups excluding tert-OH is 1. The van der Waals surface area contributed by atoms with Crippen LogP contribution in [0, 0.1) is 0 Å². The first kappa shape index (κ1) is 27.0. The Labute approximate surface area is 224 Å². The molecule has 1 unspecified atom stereocenters. The highest BCUT2D eigenvalue weighted by atomic mass is 16.5. The van der Waals surface area contributed by atoms with Gasteiger partial charge in [-0.2, -0.15) is 0 Å².